The van der Waals surface area contributed by atoms with Crippen molar-refractivity contribution in [2.75, 3.05) is 13.2 Å². The minimum atomic E-state index is 0.574. The summed E-state index contributed by atoms with van der Waals surface area (Å²) in [4.78, 5) is 11.6. The molecule has 0 unspecified atom stereocenters. The van der Waals surface area contributed by atoms with E-state index in [4.69, 9.17) is 4.74 Å². The van der Waals surface area contributed by atoms with Crippen LogP contribution in [0.2, 0.25) is 0 Å². The Labute approximate surface area is 112 Å². The molecule has 3 rings (SSSR count). The predicted octanol–water partition coefficient (Wildman–Crippen LogP) is 2.26. The maximum atomic E-state index is 5.65. The van der Waals surface area contributed by atoms with E-state index in [1.165, 1.54) is 32.2 Å². The fraction of sp³-hybridized carbons (Fsp3) is 0.571. The average molecular weight is 260 g/mol. The van der Waals surface area contributed by atoms with Gasteiger partial charge in [-0.15, -0.1) is 0 Å². The van der Waals surface area contributed by atoms with Crippen LogP contribution in [0, 0.1) is 0 Å². The molecule has 0 saturated carbocycles. The van der Waals surface area contributed by atoms with Gasteiger partial charge in [-0.1, -0.05) is 6.42 Å². The van der Waals surface area contributed by atoms with Crippen LogP contribution in [0.4, 0.5) is 0 Å². The highest BCUT2D eigenvalue weighted by Gasteiger charge is 2.12. The summed E-state index contributed by atoms with van der Waals surface area (Å²) in [5, 5.41) is 3.55. The third kappa shape index (κ3) is 3.23. The molecular formula is C14H20N4O. The van der Waals surface area contributed by atoms with Crippen LogP contribution >= 0.6 is 0 Å². The fourth-order valence-electron chi connectivity index (χ4n) is 2.56. The monoisotopic (exact) mass is 260 g/mol. The Hall–Kier alpha value is -1.62. The Kier molecular flexibility index (Phi) is 3.93. The maximum Gasteiger partial charge on any atom is 0.296 e. The normalized spacial score (nSPS) is 19.7. The lowest BCUT2D eigenvalue weighted by atomic mass is 10.0. The molecule has 0 amide bonds. The fourth-order valence-corrected chi connectivity index (χ4v) is 2.56. The number of ether oxygens (including phenoxy) is 1. The van der Waals surface area contributed by atoms with Gasteiger partial charge in [0.2, 0.25) is 0 Å². The summed E-state index contributed by atoms with van der Waals surface area (Å²) >= 11 is 0. The molecule has 2 N–H and O–H groups in total. The zero-order chi connectivity index (χ0) is 12.9. The topological polar surface area (TPSA) is 62.8 Å². The van der Waals surface area contributed by atoms with Gasteiger partial charge in [0.1, 0.15) is 0 Å². The van der Waals surface area contributed by atoms with Crippen LogP contribution in [0.15, 0.2) is 18.3 Å². The van der Waals surface area contributed by atoms with Gasteiger partial charge in [0, 0.05) is 12.2 Å². The summed E-state index contributed by atoms with van der Waals surface area (Å²) in [7, 11) is 0. The molecule has 1 atom stereocenters. The summed E-state index contributed by atoms with van der Waals surface area (Å²) in [5.41, 5.74) is 1.64. The Morgan fingerprint density at radius 2 is 2.37 bits per heavy atom. The molecule has 1 aliphatic heterocycles. The van der Waals surface area contributed by atoms with Crippen LogP contribution in [0.5, 0.6) is 6.01 Å². The minimum Gasteiger partial charge on any atom is -0.465 e. The second-order valence-corrected chi connectivity index (χ2v) is 5.05. The molecule has 2 aromatic heterocycles. The van der Waals surface area contributed by atoms with E-state index in [-0.39, 0.29) is 0 Å². The van der Waals surface area contributed by atoms with E-state index in [0.29, 0.717) is 24.3 Å². The molecule has 1 fully saturated rings. The van der Waals surface area contributed by atoms with Gasteiger partial charge in [-0.2, -0.15) is 4.98 Å². The van der Waals surface area contributed by atoms with E-state index in [1.54, 1.807) is 6.20 Å². The van der Waals surface area contributed by atoms with Crippen molar-refractivity contribution in [3.05, 3.63) is 18.3 Å². The number of aromatic amines is 1. The Morgan fingerprint density at radius 1 is 1.37 bits per heavy atom. The first-order chi connectivity index (χ1) is 9.42. The van der Waals surface area contributed by atoms with E-state index >= 15 is 0 Å². The van der Waals surface area contributed by atoms with E-state index in [0.717, 1.165) is 11.9 Å². The Morgan fingerprint density at radius 3 is 3.21 bits per heavy atom. The summed E-state index contributed by atoms with van der Waals surface area (Å²) in [6.45, 7) is 1.87. The number of pyridine rings is 1. The van der Waals surface area contributed by atoms with Gasteiger partial charge >= 0.3 is 0 Å². The molecule has 19 heavy (non-hydrogen) atoms. The van der Waals surface area contributed by atoms with Crippen LogP contribution in [0.3, 0.4) is 0 Å². The van der Waals surface area contributed by atoms with Crippen molar-refractivity contribution in [1.29, 1.82) is 0 Å². The number of fused-ring (bicyclic) bond motifs is 1. The Balaban J connectivity index is 1.44. The zero-order valence-electron chi connectivity index (χ0n) is 11.1. The summed E-state index contributed by atoms with van der Waals surface area (Å²) in [5.74, 6) is 0. The molecule has 1 aliphatic rings. The third-order valence-corrected chi connectivity index (χ3v) is 3.58. The number of nitrogens with zero attached hydrogens (tertiary/aromatic N) is 2. The highest BCUT2D eigenvalue weighted by Crippen LogP contribution is 2.14. The van der Waals surface area contributed by atoms with Crippen LogP contribution in [-0.2, 0) is 0 Å². The average Bonchev–Trinajstić information content (AvgIpc) is 2.87. The lowest BCUT2D eigenvalue weighted by Gasteiger charge is -2.23. The van der Waals surface area contributed by atoms with Gasteiger partial charge in [-0.05, 0) is 44.4 Å². The van der Waals surface area contributed by atoms with Crippen molar-refractivity contribution in [3.63, 3.8) is 0 Å². The second kappa shape index (κ2) is 6.02. The van der Waals surface area contributed by atoms with Crippen molar-refractivity contribution in [2.24, 2.45) is 0 Å². The van der Waals surface area contributed by atoms with E-state index < -0.39 is 0 Å². The molecule has 0 radical (unpaired) electrons. The quantitative estimate of drug-likeness (QED) is 0.809. The Bertz CT molecular complexity index is 486. The number of aromatic nitrogens is 3. The molecule has 5 heteroatoms. The number of nitrogens with one attached hydrogen (secondary N) is 2. The lowest BCUT2D eigenvalue weighted by Crippen LogP contribution is -2.34. The van der Waals surface area contributed by atoms with Crippen molar-refractivity contribution in [2.45, 2.75) is 38.1 Å². The summed E-state index contributed by atoms with van der Waals surface area (Å²) in [6.07, 6.45) is 7.95. The largest absolute Gasteiger partial charge is 0.465 e. The van der Waals surface area contributed by atoms with Crippen molar-refractivity contribution >= 4 is 11.2 Å². The van der Waals surface area contributed by atoms with Crippen LogP contribution in [0.1, 0.15) is 32.1 Å². The first kappa shape index (κ1) is 12.4. The van der Waals surface area contributed by atoms with Gasteiger partial charge in [0.05, 0.1) is 12.1 Å². The van der Waals surface area contributed by atoms with Gasteiger partial charge in [0.15, 0.2) is 5.65 Å². The minimum absolute atomic E-state index is 0.574. The molecule has 5 nitrogen and oxygen atoms in total. The SMILES string of the molecule is c1cnc2nc(OCCC[C@@H]3CCCCN3)[nH]c2c1. The number of piperidine rings is 1. The second-order valence-electron chi connectivity index (χ2n) is 5.05. The molecule has 102 valence electrons. The standard InChI is InChI=1S/C14H20N4O/c1-2-8-15-11(5-1)6-4-10-19-14-17-12-7-3-9-16-13(12)18-14/h3,7,9,11,15H,1-2,4-6,8,10H2,(H,16,17,18)/t11-/m0/s1. The number of imidazole rings is 1. The zero-order valence-corrected chi connectivity index (χ0v) is 11.1. The molecule has 0 aliphatic carbocycles. The number of rotatable bonds is 5. The molecule has 0 aromatic carbocycles. The molecule has 0 spiro atoms. The van der Waals surface area contributed by atoms with Crippen molar-refractivity contribution in [1.82, 2.24) is 20.3 Å². The van der Waals surface area contributed by atoms with Crippen LogP contribution in [-0.4, -0.2) is 34.1 Å². The van der Waals surface area contributed by atoms with Crippen LogP contribution < -0.4 is 10.1 Å². The number of hydrogen-bond donors (Lipinski definition) is 2. The third-order valence-electron chi connectivity index (χ3n) is 3.58. The first-order valence-electron chi connectivity index (χ1n) is 7.09. The maximum absolute atomic E-state index is 5.65. The van der Waals surface area contributed by atoms with Crippen molar-refractivity contribution in [3.8, 4) is 6.01 Å². The molecule has 0 bridgehead atoms. The van der Waals surface area contributed by atoms with E-state index in [2.05, 4.69) is 20.3 Å². The number of H-pyrrole nitrogens is 1. The highest BCUT2D eigenvalue weighted by molar-refractivity contribution is 5.70. The first-order valence-corrected chi connectivity index (χ1v) is 7.09. The summed E-state index contributed by atoms with van der Waals surface area (Å²) in [6, 6.07) is 5.09. The molecule has 3 heterocycles. The van der Waals surface area contributed by atoms with E-state index in [9.17, 15) is 0 Å². The van der Waals surface area contributed by atoms with Gasteiger partial charge in [-0.3, -0.25) is 0 Å². The number of hydrogen-bond acceptors (Lipinski definition) is 4. The summed E-state index contributed by atoms with van der Waals surface area (Å²) < 4.78 is 5.65. The molecular weight excluding hydrogens is 240 g/mol. The van der Waals surface area contributed by atoms with E-state index in [1.807, 2.05) is 12.1 Å². The van der Waals surface area contributed by atoms with Gasteiger partial charge < -0.3 is 15.0 Å². The van der Waals surface area contributed by atoms with Crippen molar-refractivity contribution < 1.29 is 4.74 Å². The van der Waals surface area contributed by atoms with Gasteiger partial charge in [-0.25, -0.2) is 4.98 Å². The highest BCUT2D eigenvalue weighted by atomic mass is 16.5. The predicted molar refractivity (Wildman–Crippen MR) is 74.3 cm³/mol. The smallest absolute Gasteiger partial charge is 0.296 e. The van der Waals surface area contributed by atoms with Crippen LogP contribution in [0.25, 0.3) is 11.2 Å². The lowest BCUT2D eigenvalue weighted by molar-refractivity contribution is 0.270. The van der Waals surface area contributed by atoms with Gasteiger partial charge in [0.25, 0.3) is 6.01 Å². The molecule has 2 aromatic rings. The molecule has 1 saturated heterocycles.